The lowest BCUT2D eigenvalue weighted by Crippen LogP contribution is -2.67. The lowest BCUT2D eigenvalue weighted by atomic mass is 9.76. The number of nitrogens with one attached hydrogen (secondary N) is 1. The number of hydrogen-bond acceptors (Lipinski definition) is 5. The van der Waals surface area contributed by atoms with Crippen LogP contribution in [0.3, 0.4) is 0 Å². The Balaban J connectivity index is 1.63. The smallest absolute Gasteiger partial charge is 0.254 e. The predicted octanol–water partition coefficient (Wildman–Crippen LogP) is 4.42. The second kappa shape index (κ2) is 10.7. The molecule has 1 N–H and O–H groups in total. The van der Waals surface area contributed by atoms with E-state index in [4.69, 9.17) is 14.2 Å². The van der Waals surface area contributed by atoms with Crippen LogP contribution in [0.5, 0.6) is 11.5 Å². The molecule has 8 nitrogen and oxygen atoms in total. The Labute approximate surface area is 223 Å². The number of benzene rings is 2. The maximum atomic E-state index is 14.0. The Kier molecular flexibility index (Phi) is 7.34. The highest BCUT2D eigenvalue weighted by molar-refractivity contribution is 6.01. The molecule has 0 aliphatic carbocycles. The Bertz CT molecular complexity index is 1330. The summed E-state index contributed by atoms with van der Waals surface area (Å²) in [6.45, 7) is 8.54. The maximum absolute atomic E-state index is 14.0. The van der Waals surface area contributed by atoms with E-state index >= 15 is 0 Å². The standard InChI is InChI=1S/C30H37N3O5/c1-5-15-38-24-13-12-20(17-25(24)37-6-2)22-18-33-26(34)19-32(14-9-16-36-4)29(35)30(33,3)28-27(22)21-10-7-8-11-23(21)31-28/h7-8,10-13,17,22,31H,5-6,9,14-16,18-19H2,1-4H3/t22-,30-/m0/s1. The maximum Gasteiger partial charge on any atom is 0.254 e. The molecule has 1 fully saturated rings. The SMILES string of the molecule is CCCOc1ccc([C@@H]2CN3C(=O)CN(CCCOC)C(=O)[C@]3(C)c3[nH]c4ccccc4c32)cc1OCC. The Hall–Kier alpha value is -3.52. The van der Waals surface area contributed by atoms with Gasteiger partial charge in [-0.1, -0.05) is 31.2 Å². The summed E-state index contributed by atoms with van der Waals surface area (Å²) in [6.07, 6.45) is 1.58. The van der Waals surface area contributed by atoms with Gasteiger partial charge in [0.1, 0.15) is 0 Å². The zero-order valence-corrected chi connectivity index (χ0v) is 22.7. The molecule has 2 amide bonds. The number of rotatable bonds is 10. The van der Waals surface area contributed by atoms with Crippen LogP contribution < -0.4 is 9.47 Å². The molecule has 0 spiro atoms. The van der Waals surface area contributed by atoms with Gasteiger partial charge in [-0.05, 0) is 56.0 Å². The van der Waals surface area contributed by atoms with Crippen LogP contribution in [0.25, 0.3) is 10.9 Å². The fourth-order valence-corrected chi connectivity index (χ4v) is 5.90. The molecule has 8 heteroatoms. The van der Waals surface area contributed by atoms with E-state index in [1.165, 1.54) is 0 Å². The van der Waals surface area contributed by atoms with Gasteiger partial charge in [-0.15, -0.1) is 0 Å². The fourth-order valence-electron chi connectivity index (χ4n) is 5.90. The lowest BCUT2D eigenvalue weighted by Gasteiger charge is -2.51. The second-order valence-corrected chi connectivity index (χ2v) is 10.1. The highest BCUT2D eigenvalue weighted by Gasteiger charge is 2.56. The Morgan fingerprint density at radius 3 is 2.63 bits per heavy atom. The second-order valence-electron chi connectivity index (χ2n) is 10.1. The number of H-pyrrole nitrogens is 1. The van der Waals surface area contributed by atoms with Crippen LogP contribution in [0.4, 0.5) is 0 Å². The molecule has 1 aromatic heterocycles. The molecular formula is C30H37N3O5. The van der Waals surface area contributed by atoms with E-state index in [1.54, 1.807) is 16.9 Å². The third-order valence-electron chi connectivity index (χ3n) is 7.73. The molecule has 0 saturated carbocycles. The minimum absolute atomic E-state index is 0.0493. The Morgan fingerprint density at radius 2 is 1.87 bits per heavy atom. The first kappa shape index (κ1) is 26.1. The quantitative estimate of drug-likeness (QED) is 0.401. The van der Waals surface area contributed by atoms with Gasteiger partial charge < -0.3 is 29.0 Å². The molecule has 3 heterocycles. The van der Waals surface area contributed by atoms with Gasteiger partial charge in [-0.2, -0.15) is 0 Å². The monoisotopic (exact) mass is 519 g/mol. The molecule has 0 radical (unpaired) electrons. The largest absolute Gasteiger partial charge is 0.490 e. The van der Waals surface area contributed by atoms with Crippen molar-refractivity contribution in [2.75, 3.05) is 46.6 Å². The highest BCUT2D eigenvalue weighted by Crippen LogP contribution is 2.49. The van der Waals surface area contributed by atoms with Gasteiger partial charge in [0.2, 0.25) is 5.91 Å². The molecule has 0 unspecified atom stereocenters. The molecule has 5 rings (SSSR count). The van der Waals surface area contributed by atoms with Crippen molar-refractivity contribution in [3.63, 3.8) is 0 Å². The number of aromatic nitrogens is 1. The van der Waals surface area contributed by atoms with Crippen molar-refractivity contribution < 1.29 is 23.8 Å². The Morgan fingerprint density at radius 1 is 1.05 bits per heavy atom. The summed E-state index contributed by atoms with van der Waals surface area (Å²) < 4.78 is 17.1. The van der Waals surface area contributed by atoms with Gasteiger partial charge in [-0.3, -0.25) is 9.59 Å². The van der Waals surface area contributed by atoms with E-state index in [2.05, 4.69) is 24.0 Å². The number of carbonyl (C=O) groups excluding carboxylic acids is 2. The topological polar surface area (TPSA) is 84.1 Å². The first-order chi connectivity index (χ1) is 18.4. The van der Waals surface area contributed by atoms with Crippen LogP contribution in [0.2, 0.25) is 0 Å². The van der Waals surface area contributed by atoms with E-state index in [9.17, 15) is 9.59 Å². The number of amides is 2. The molecule has 2 aromatic carbocycles. The minimum atomic E-state index is -1.11. The molecule has 2 aliphatic rings. The summed E-state index contributed by atoms with van der Waals surface area (Å²) in [5, 5.41) is 1.06. The fraction of sp³-hybridized carbons (Fsp3) is 0.467. The van der Waals surface area contributed by atoms with Crippen molar-refractivity contribution in [3.05, 3.63) is 59.3 Å². The summed E-state index contributed by atoms with van der Waals surface area (Å²) in [5.41, 5.74) is 2.71. The number of hydrogen-bond donors (Lipinski definition) is 1. The van der Waals surface area contributed by atoms with Crippen molar-refractivity contribution in [3.8, 4) is 11.5 Å². The van der Waals surface area contributed by atoms with Crippen LogP contribution in [0, 0.1) is 0 Å². The van der Waals surface area contributed by atoms with Crippen molar-refractivity contribution in [1.29, 1.82) is 0 Å². The number of fused-ring (bicyclic) bond motifs is 5. The molecule has 3 aromatic rings. The number of para-hydroxylation sites is 1. The number of piperazine rings is 1. The van der Waals surface area contributed by atoms with Crippen LogP contribution in [-0.4, -0.2) is 73.2 Å². The average Bonchev–Trinajstić information content (AvgIpc) is 3.32. The summed E-state index contributed by atoms with van der Waals surface area (Å²) in [4.78, 5) is 34.6. The third-order valence-corrected chi connectivity index (χ3v) is 7.73. The summed E-state index contributed by atoms with van der Waals surface area (Å²) >= 11 is 0. The summed E-state index contributed by atoms with van der Waals surface area (Å²) in [6, 6.07) is 14.2. The van der Waals surface area contributed by atoms with E-state index in [0.717, 1.165) is 34.1 Å². The first-order valence-corrected chi connectivity index (χ1v) is 13.5. The van der Waals surface area contributed by atoms with Crippen LogP contribution in [0.15, 0.2) is 42.5 Å². The van der Waals surface area contributed by atoms with Gasteiger partial charge in [-0.25, -0.2) is 0 Å². The van der Waals surface area contributed by atoms with Crippen LogP contribution in [0.1, 0.15) is 56.4 Å². The molecule has 38 heavy (non-hydrogen) atoms. The van der Waals surface area contributed by atoms with Gasteiger partial charge in [0.05, 0.1) is 25.5 Å². The van der Waals surface area contributed by atoms with Gasteiger partial charge >= 0.3 is 0 Å². The molecule has 1 saturated heterocycles. The number of nitrogens with zero attached hydrogens (tertiary/aromatic N) is 2. The normalized spacial score (nSPS) is 21.0. The van der Waals surface area contributed by atoms with Crippen molar-refractivity contribution in [2.45, 2.75) is 45.1 Å². The molecule has 0 bridgehead atoms. The highest BCUT2D eigenvalue weighted by atomic mass is 16.5. The molecule has 202 valence electrons. The van der Waals surface area contributed by atoms with Crippen molar-refractivity contribution >= 4 is 22.7 Å². The van der Waals surface area contributed by atoms with E-state index in [-0.39, 0.29) is 24.3 Å². The number of carbonyl (C=O) groups is 2. The molecule has 2 aliphatic heterocycles. The zero-order chi connectivity index (χ0) is 26.9. The number of aromatic amines is 1. The minimum Gasteiger partial charge on any atom is -0.490 e. The average molecular weight is 520 g/mol. The van der Waals surface area contributed by atoms with Crippen molar-refractivity contribution in [1.82, 2.24) is 14.8 Å². The summed E-state index contributed by atoms with van der Waals surface area (Å²) in [7, 11) is 1.64. The van der Waals surface area contributed by atoms with Gasteiger partial charge in [0, 0.05) is 43.6 Å². The zero-order valence-electron chi connectivity index (χ0n) is 22.7. The van der Waals surface area contributed by atoms with E-state index in [1.807, 2.05) is 44.2 Å². The van der Waals surface area contributed by atoms with Crippen LogP contribution >= 0.6 is 0 Å². The number of ether oxygens (including phenoxy) is 3. The lowest BCUT2D eigenvalue weighted by molar-refractivity contribution is -0.166. The van der Waals surface area contributed by atoms with Gasteiger partial charge in [0.25, 0.3) is 5.91 Å². The van der Waals surface area contributed by atoms with E-state index < -0.39 is 5.54 Å². The van der Waals surface area contributed by atoms with E-state index in [0.29, 0.717) is 50.8 Å². The van der Waals surface area contributed by atoms with Crippen LogP contribution in [-0.2, 0) is 19.9 Å². The molecule has 2 atom stereocenters. The van der Waals surface area contributed by atoms with Crippen molar-refractivity contribution in [2.24, 2.45) is 0 Å². The summed E-state index contributed by atoms with van der Waals surface area (Å²) in [5.74, 6) is 1.17. The number of methoxy groups -OCH3 is 1. The predicted molar refractivity (Wildman–Crippen MR) is 146 cm³/mol. The van der Waals surface area contributed by atoms with Gasteiger partial charge in [0.15, 0.2) is 17.0 Å². The molecular weight excluding hydrogens is 482 g/mol. The first-order valence-electron chi connectivity index (χ1n) is 13.5. The third kappa shape index (κ3) is 4.30.